The van der Waals surface area contributed by atoms with Crippen LogP contribution in [0.1, 0.15) is 33.1 Å². The largest absolute Gasteiger partial charge is 0.463 e. The van der Waals surface area contributed by atoms with E-state index in [9.17, 15) is 0 Å². The van der Waals surface area contributed by atoms with Crippen molar-refractivity contribution in [2.24, 2.45) is 0 Å². The van der Waals surface area contributed by atoms with Crippen LogP contribution in [-0.2, 0) is 4.74 Å². The predicted octanol–water partition coefficient (Wildman–Crippen LogP) is 2.32. The molecule has 0 bridgehead atoms. The van der Waals surface area contributed by atoms with Crippen LogP contribution in [0.3, 0.4) is 0 Å². The highest BCUT2D eigenvalue weighted by atomic mass is 35.5. The molecule has 0 unspecified atom stereocenters. The molecule has 2 heterocycles. The lowest BCUT2D eigenvalue weighted by atomic mass is 10.1. The first-order chi connectivity index (χ1) is 9.72. The summed E-state index contributed by atoms with van der Waals surface area (Å²) in [7, 11) is 0. The summed E-state index contributed by atoms with van der Waals surface area (Å²) in [5.41, 5.74) is 0. The van der Waals surface area contributed by atoms with Crippen LogP contribution in [-0.4, -0.2) is 47.4 Å². The van der Waals surface area contributed by atoms with Crippen molar-refractivity contribution in [3.63, 3.8) is 0 Å². The molecule has 2 rings (SSSR count). The molecule has 7 heteroatoms. The van der Waals surface area contributed by atoms with Gasteiger partial charge in [-0.1, -0.05) is 6.92 Å². The van der Waals surface area contributed by atoms with Gasteiger partial charge in [-0.2, -0.15) is 15.0 Å². The minimum absolute atomic E-state index is 0.174. The summed E-state index contributed by atoms with van der Waals surface area (Å²) in [6.45, 7) is 7.11. The number of hydrogen-bond donors (Lipinski definition) is 0. The standard InChI is InChI=1S/C13H21ClN4O2/c1-3-9-20-13-16-11(14)15-12(17-13)18-7-5-10(6-8-18)19-4-2/h10H,3-9H2,1-2H3. The van der Waals surface area contributed by atoms with E-state index >= 15 is 0 Å². The molecular formula is C13H21ClN4O2. The highest BCUT2D eigenvalue weighted by Gasteiger charge is 2.22. The van der Waals surface area contributed by atoms with Crippen LogP contribution in [0.4, 0.5) is 5.95 Å². The third kappa shape index (κ3) is 4.18. The molecule has 0 aliphatic carbocycles. The fraction of sp³-hybridized carbons (Fsp3) is 0.769. The predicted molar refractivity (Wildman–Crippen MR) is 77.5 cm³/mol. The first-order valence-electron chi connectivity index (χ1n) is 7.13. The quantitative estimate of drug-likeness (QED) is 0.803. The Morgan fingerprint density at radius 2 is 1.95 bits per heavy atom. The van der Waals surface area contributed by atoms with Gasteiger partial charge in [-0.3, -0.25) is 0 Å². The van der Waals surface area contributed by atoms with Gasteiger partial charge in [-0.15, -0.1) is 0 Å². The Bertz CT molecular complexity index is 425. The van der Waals surface area contributed by atoms with Crippen LogP contribution in [0.15, 0.2) is 0 Å². The first-order valence-corrected chi connectivity index (χ1v) is 7.51. The molecule has 112 valence electrons. The Labute approximate surface area is 124 Å². The van der Waals surface area contributed by atoms with Crippen LogP contribution >= 0.6 is 11.6 Å². The Morgan fingerprint density at radius 1 is 1.20 bits per heavy atom. The lowest BCUT2D eigenvalue weighted by Crippen LogP contribution is -2.38. The van der Waals surface area contributed by atoms with E-state index in [1.165, 1.54) is 0 Å². The zero-order valence-electron chi connectivity index (χ0n) is 12.0. The summed E-state index contributed by atoms with van der Waals surface area (Å²) < 4.78 is 11.1. The lowest BCUT2D eigenvalue weighted by Gasteiger charge is -2.31. The van der Waals surface area contributed by atoms with E-state index in [4.69, 9.17) is 21.1 Å². The fourth-order valence-electron chi connectivity index (χ4n) is 2.18. The highest BCUT2D eigenvalue weighted by molar-refractivity contribution is 6.28. The van der Waals surface area contributed by atoms with Gasteiger partial charge in [0.05, 0.1) is 12.7 Å². The third-order valence-electron chi connectivity index (χ3n) is 3.14. The van der Waals surface area contributed by atoms with Crippen LogP contribution in [0.5, 0.6) is 6.01 Å². The van der Waals surface area contributed by atoms with E-state index in [-0.39, 0.29) is 5.28 Å². The lowest BCUT2D eigenvalue weighted by molar-refractivity contribution is 0.0457. The fourth-order valence-corrected chi connectivity index (χ4v) is 2.33. The van der Waals surface area contributed by atoms with Crippen LogP contribution < -0.4 is 9.64 Å². The third-order valence-corrected chi connectivity index (χ3v) is 3.31. The second-order valence-electron chi connectivity index (χ2n) is 4.68. The van der Waals surface area contributed by atoms with Gasteiger partial charge in [0.2, 0.25) is 11.2 Å². The molecule has 1 aromatic rings. The second kappa shape index (κ2) is 7.59. The number of piperidine rings is 1. The van der Waals surface area contributed by atoms with Gasteiger partial charge in [-0.05, 0) is 37.8 Å². The molecule has 0 amide bonds. The average Bonchev–Trinajstić information content (AvgIpc) is 2.46. The molecule has 0 N–H and O–H groups in total. The van der Waals surface area contributed by atoms with E-state index in [1.54, 1.807) is 0 Å². The molecule has 0 aromatic carbocycles. The van der Waals surface area contributed by atoms with E-state index < -0.39 is 0 Å². The SMILES string of the molecule is CCCOc1nc(Cl)nc(N2CCC(OCC)CC2)n1. The minimum Gasteiger partial charge on any atom is -0.463 e. The number of rotatable bonds is 6. The van der Waals surface area contributed by atoms with Gasteiger partial charge in [0, 0.05) is 19.7 Å². The van der Waals surface area contributed by atoms with E-state index in [0.29, 0.717) is 24.7 Å². The van der Waals surface area contributed by atoms with Crippen LogP contribution in [0, 0.1) is 0 Å². The smallest absolute Gasteiger partial charge is 0.322 e. The van der Waals surface area contributed by atoms with Gasteiger partial charge >= 0.3 is 6.01 Å². The first kappa shape index (κ1) is 15.3. The summed E-state index contributed by atoms with van der Waals surface area (Å²) in [6.07, 6.45) is 3.19. The molecule has 1 aliphatic rings. The number of aromatic nitrogens is 3. The van der Waals surface area contributed by atoms with E-state index in [2.05, 4.69) is 19.9 Å². The molecule has 1 aromatic heterocycles. The zero-order chi connectivity index (χ0) is 14.4. The van der Waals surface area contributed by atoms with Crippen molar-refractivity contribution >= 4 is 17.5 Å². The molecule has 6 nitrogen and oxygen atoms in total. The minimum atomic E-state index is 0.174. The molecule has 1 aliphatic heterocycles. The van der Waals surface area contributed by atoms with Crippen LogP contribution in [0.25, 0.3) is 0 Å². The molecule has 0 saturated carbocycles. The Hall–Kier alpha value is -1.14. The number of nitrogens with zero attached hydrogens (tertiary/aromatic N) is 4. The Morgan fingerprint density at radius 3 is 2.60 bits per heavy atom. The van der Waals surface area contributed by atoms with Gasteiger partial charge in [0.15, 0.2) is 0 Å². The van der Waals surface area contributed by atoms with Crippen molar-refractivity contribution in [2.45, 2.75) is 39.2 Å². The van der Waals surface area contributed by atoms with Gasteiger partial charge in [0.25, 0.3) is 0 Å². The maximum Gasteiger partial charge on any atom is 0.322 e. The zero-order valence-corrected chi connectivity index (χ0v) is 12.8. The summed E-state index contributed by atoms with van der Waals surface area (Å²) in [5.74, 6) is 0.589. The summed E-state index contributed by atoms with van der Waals surface area (Å²) in [4.78, 5) is 14.6. The molecular weight excluding hydrogens is 280 g/mol. The maximum atomic E-state index is 5.93. The van der Waals surface area contributed by atoms with Crippen LogP contribution in [0.2, 0.25) is 5.28 Å². The van der Waals surface area contributed by atoms with Crippen molar-refractivity contribution < 1.29 is 9.47 Å². The van der Waals surface area contributed by atoms with E-state index in [0.717, 1.165) is 39.0 Å². The van der Waals surface area contributed by atoms with Crippen molar-refractivity contribution in [3.05, 3.63) is 5.28 Å². The number of halogens is 1. The van der Waals surface area contributed by atoms with Crippen molar-refractivity contribution in [1.29, 1.82) is 0 Å². The topological polar surface area (TPSA) is 60.4 Å². The van der Waals surface area contributed by atoms with Gasteiger partial charge in [-0.25, -0.2) is 0 Å². The maximum absolute atomic E-state index is 5.93. The van der Waals surface area contributed by atoms with Crippen molar-refractivity contribution in [1.82, 2.24) is 15.0 Å². The number of anilines is 1. The number of ether oxygens (including phenoxy) is 2. The van der Waals surface area contributed by atoms with Crippen molar-refractivity contribution in [3.8, 4) is 6.01 Å². The summed E-state index contributed by atoms with van der Waals surface area (Å²) >= 11 is 5.93. The average molecular weight is 301 g/mol. The molecule has 1 saturated heterocycles. The Kier molecular flexibility index (Phi) is 5.79. The van der Waals surface area contributed by atoms with Crippen molar-refractivity contribution in [2.75, 3.05) is 31.2 Å². The normalized spacial score (nSPS) is 16.4. The van der Waals surface area contributed by atoms with Gasteiger partial charge < -0.3 is 14.4 Å². The number of hydrogen-bond acceptors (Lipinski definition) is 6. The summed E-state index contributed by atoms with van der Waals surface area (Å²) in [5, 5.41) is 0.174. The molecule has 1 fully saturated rings. The molecule has 20 heavy (non-hydrogen) atoms. The monoisotopic (exact) mass is 300 g/mol. The summed E-state index contributed by atoms with van der Waals surface area (Å²) in [6, 6.07) is 0.300. The molecule has 0 atom stereocenters. The Balaban J connectivity index is 2.00. The second-order valence-corrected chi connectivity index (χ2v) is 5.02. The van der Waals surface area contributed by atoms with Gasteiger partial charge in [0.1, 0.15) is 0 Å². The highest BCUT2D eigenvalue weighted by Crippen LogP contribution is 2.21. The van der Waals surface area contributed by atoms with E-state index in [1.807, 2.05) is 13.8 Å². The molecule has 0 radical (unpaired) electrons. The molecule has 0 spiro atoms.